The van der Waals surface area contributed by atoms with E-state index in [-0.39, 0.29) is 17.2 Å². The lowest BCUT2D eigenvalue weighted by atomic mass is 10.3. The highest BCUT2D eigenvalue weighted by Gasteiger charge is 2.34. The van der Waals surface area contributed by atoms with Gasteiger partial charge in [0.2, 0.25) is 0 Å². The molecule has 0 aliphatic carbocycles. The van der Waals surface area contributed by atoms with Gasteiger partial charge in [-0.1, -0.05) is 6.92 Å². The third-order valence-electron chi connectivity index (χ3n) is 1.35. The van der Waals surface area contributed by atoms with Crippen LogP contribution in [0.2, 0.25) is 0 Å². The van der Waals surface area contributed by atoms with Crippen LogP contribution in [0, 0.1) is 0 Å². The molecule has 13 heavy (non-hydrogen) atoms. The minimum Gasteiger partial charge on any atom is -0.292 e. The highest BCUT2D eigenvalue weighted by molar-refractivity contribution is 7.11. The molecule has 1 heterocycles. The molecule has 0 fully saturated rings. The molecular formula is C7H6F3NOS. The molecule has 6 heteroatoms. The summed E-state index contributed by atoms with van der Waals surface area (Å²) in [6.45, 7) is 1.58. The number of rotatable bonds is 2. The molecule has 0 radical (unpaired) electrons. The number of hydrogen-bond donors (Lipinski definition) is 0. The number of hydrogen-bond acceptors (Lipinski definition) is 3. The smallest absolute Gasteiger partial charge is 0.292 e. The maximum Gasteiger partial charge on any atom is 0.434 e. The van der Waals surface area contributed by atoms with Crippen LogP contribution in [0.5, 0.6) is 0 Å². The van der Waals surface area contributed by atoms with Gasteiger partial charge < -0.3 is 0 Å². The summed E-state index contributed by atoms with van der Waals surface area (Å²) in [5, 5.41) is 0.776. The van der Waals surface area contributed by atoms with Crippen molar-refractivity contribution in [1.29, 1.82) is 0 Å². The molecule has 0 spiro atoms. The molecule has 72 valence electrons. The zero-order valence-electron chi connectivity index (χ0n) is 6.68. The average Bonchev–Trinajstić information content (AvgIpc) is 2.50. The van der Waals surface area contributed by atoms with Crippen LogP contribution < -0.4 is 0 Å². The molecule has 2 nitrogen and oxygen atoms in total. The Kier molecular flexibility index (Phi) is 2.70. The molecule has 0 aliphatic heterocycles. The van der Waals surface area contributed by atoms with Crippen molar-refractivity contribution in [3.63, 3.8) is 0 Å². The molecule has 0 amide bonds. The maximum absolute atomic E-state index is 12.0. The van der Waals surface area contributed by atoms with Crippen molar-refractivity contribution in [3.05, 3.63) is 16.1 Å². The van der Waals surface area contributed by atoms with Crippen molar-refractivity contribution in [2.24, 2.45) is 0 Å². The number of carbonyl (C=O) groups excluding carboxylic acids is 1. The largest absolute Gasteiger partial charge is 0.434 e. The van der Waals surface area contributed by atoms with Crippen molar-refractivity contribution in [2.75, 3.05) is 0 Å². The molecule has 1 aromatic rings. The Labute approximate surface area is 76.4 Å². The molecule has 1 aromatic heterocycles. The molecule has 0 atom stereocenters. The van der Waals surface area contributed by atoms with Crippen LogP contribution in [-0.2, 0) is 6.18 Å². The quantitative estimate of drug-likeness (QED) is 0.701. The van der Waals surface area contributed by atoms with Crippen LogP contribution >= 0.6 is 11.3 Å². The predicted molar refractivity (Wildman–Crippen MR) is 41.7 cm³/mol. The van der Waals surface area contributed by atoms with Crippen molar-refractivity contribution < 1.29 is 18.0 Å². The van der Waals surface area contributed by atoms with Gasteiger partial charge >= 0.3 is 6.18 Å². The van der Waals surface area contributed by atoms with E-state index in [1.165, 1.54) is 0 Å². The molecule has 1 rings (SSSR count). The Balaban J connectivity index is 2.93. The number of aromatic nitrogens is 1. The number of Topliss-reactive ketones (excluding diaryl/α,β-unsaturated/α-hetero) is 1. The number of ketones is 1. The Morgan fingerprint density at radius 2 is 2.23 bits per heavy atom. The van der Waals surface area contributed by atoms with Gasteiger partial charge in [-0.3, -0.25) is 4.79 Å². The van der Waals surface area contributed by atoms with Crippen LogP contribution in [0.25, 0.3) is 0 Å². The van der Waals surface area contributed by atoms with Crippen LogP contribution in [-0.4, -0.2) is 10.8 Å². The van der Waals surface area contributed by atoms with E-state index in [1.807, 2.05) is 0 Å². The van der Waals surface area contributed by atoms with E-state index in [0.717, 1.165) is 16.7 Å². The summed E-state index contributed by atoms with van der Waals surface area (Å²) < 4.78 is 36.0. The van der Waals surface area contributed by atoms with Crippen LogP contribution in [0.15, 0.2) is 5.38 Å². The van der Waals surface area contributed by atoms with Crippen molar-refractivity contribution >= 4 is 17.1 Å². The standard InChI is InChI=1S/C7H6F3NOS/c1-2-4(12)6-11-5(3-13-6)7(8,9)10/h3H,2H2,1H3. The summed E-state index contributed by atoms with van der Waals surface area (Å²) >= 11 is 0.728. The van der Waals surface area contributed by atoms with Gasteiger partial charge in [-0.05, 0) is 0 Å². The van der Waals surface area contributed by atoms with Gasteiger partial charge in [-0.25, -0.2) is 4.98 Å². The topological polar surface area (TPSA) is 30.0 Å². The van der Waals surface area contributed by atoms with Gasteiger partial charge in [0.15, 0.2) is 16.5 Å². The minimum atomic E-state index is -4.46. The van der Waals surface area contributed by atoms with Gasteiger partial charge in [0.05, 0.1) is 0 Å². The van der Waals surface area contributed by atoms with Gasteiger partial charge in [-0.15, -0.1) is 11.3 Å². The van der Waals surface area contributed by atoms with E-state index in [9.17, 15) is 18.0 Å². The summed E-state index contributed by atoms with van der Waals surface area (Å²) in [5.74, 6) is -0.361. The van der Waals surface area contributed by atoms with Crippen molar-refractivity contribution in [1.82, 2.24) is 4.98 Å². The first kappa shape index (κ1) is 10.2. The molecule has 0 aliphatic rings. The third kappa shape index (κ3) is 2.27. The Morgan fingerprint density at radius 1 is 1.62 bits per heavy atom. The third-order valence-corrected chi connectivity index (χ3v) is 2.24. The normalized spacial score (nSPS) is 11.7. The second-order valence-electron chi connectivity index (χ2n) is 2.31. The lowest BCUT2D eigenvalue weighted by molar-refractivity contribution is -0.140. The first-order valence-electron chi connectivity index (χ1n) is 3.51. The Hall–Kier alpha value is -0.910. The number of carbonyl (C=O) groups is 1. The van der Waals surface area contributed by atoms with Gasteiger partial charge in [0, 0.05) is 11.8 Å². The zero-order valence-corrected chi connectivity index (χ0v) is 7.50. The lowest BCUT2D eigenvalue weighted by Gasteiger charge is -1.99. The Morgan fingerprint density at radius 3 is 2.62 bits per heavy atom. The number of alkyl halides is 3. The lowest BCUT2D eigenvalue weighted by Crippen LogP contribution is -2.06. The van der Waals surface area contributed by atoms with E-state index in [2.05, 4.69) is 4.98 Å². The summed E-state index contributed by atoms with van der Waals surface area (Å²) in [6, 6.07) is 0. The first-order chi connectivity index (χ1) is 5.95. The van der Waals surface area contributed by atoms with Gasteiger partial charge in [-0.2, -0.15) is 13.2 Å². The molecule has 0 saturated heterocycles. The summed E-state index contributed by atoms with van der Waals surface area (Å²) in [6.07, 6.45) is -4.28. The second-order valence-corrected chi connectivity index (χ2v) is 3.17. The van der Waals surface area contributed by atoms with Gasteiger partial charge in [0.1, 0.15) is 0 Å². The van der Waals surface area contributed by atoms with Crippen LogP contribution in [0.1, 0.15) is 28.8 Å². The van der Waals surface area contributed by atoms with E-state index >= 15 is 0 Å². The van der Waals surface area contributed by atoms with Crippen LogP contribution in [0.3, 0.4) is 0 Å². The summed E-state index contributed by atoms with van der Waals surface area (Å²) in [7, 11) is 0. The number of halogens is 3. The number of thiazole rings is 1. The van der Waals surface area contributed by atoms with Gasteiger partial charge in [0.25, 0.3) is 0 Å². The molecule has 0 N–H and O–H groups in total. The molecule has 0 saturated carbocycles. The van der Waals surface area contributed by atoms with Crippen molar-refractivity contribution in [3.8, 4) is 0 Å². The summed E-state index contributed by atoms with van der Waals surface area (Å²) in [4.78, 5) is 14.1. The van der Waals surface area contributed by atoms with Crippen molar-refractivity contribution in [2.45, 2.75) is 19.5 Å². The SMILES string of the molecule is CCC(=O)c1nc(C(F)(F)F)cs1. The van der Waals surface area contributed by atoms with Crippen LogP contribution in [0.4, 0.5) is 13.2 Å². The molecule has 0 aromatic carbocycles. The minimum absolute atomic E-state index is 0.0742. The van der Waals surface area contributed by atoms with E-state index in [4.69, 9.17) is 0 Å². The Bertz CT molecular complexity index is 318. The fraction of sp³-hybridized carbons (Fsp3) is 0.429. The van der Waals surface area contributed by atoms with E-state index in [0.29, 0.717) is 0 Å². The monoisotopic (exact) mass is 209 g/mol. The highest BCUT2D eigenvalue weighted by Crippen LogP contribution is 2.30. The molecule has 0 bridgehead atoms. The highest BCUT2D eigenvalue weighted by atomic mass is 32.1. The second kappa shape index (κ2) is 3.45. The van der Waals surface area contributed by atoms with E-state index < -0.39 is 11.9 Å². The fourth-order valence-corrected chi connectivity index (χ4v) is 1.52. The summed E-state index contributed by atoms with van der Waals surface area (Å²) in [5.41, 5.74) is -0.991. The molecular weight excluding hydrogens is 203 g/mol. The fourth-order valence-electron chi connectivity index (χ4n) is 0.683. The zero-order chi connectivity index (χ0) is 10.1. The molecule has 0 unspecified atom stereocenters. The maximum atomic E-state index is 12.0. The first-order valence-corrected chi connectivity index (χ1v) is 4.39. The predicted octanol–water partition coefficient (Wildman–Crippen LogP) is 2.75. The average molecular weight is 209 g/mol. The van der Waals surface area contributed by atoms with E-state index in [1.54, 1.807) is 6.92 Å². The number of nitrogens with zero attached hydrogens (tertiary/aromatic N) is 1.